The van der Waals surface area contributed by atoms with Crippen LogP contribution >= 0.6 is 15.9 Å². The Balaban J connectivity index is 3.46. The van der Waals surface area contributed by atoms with Crippen LogP contribution in [-0.2, 0) is 0 Å². The predicted octanol–water partition coefficient (Wildman–Crippen LogP) is 2.31. The molecule has 0 aliphatic carbocycles. The molecule has 0 spiro atoms. The minimum Gasteiger partial charge on any atom is -0.504 e. The lowest BCUT2D eigenvalue weighted by atomic mass is 10.2. The van der Waals surface area contributed by atoms with Crippen LogP contribution in [0.1, 0.15) is 5.56 Å². The molecular weight excluding hydrogens is 215 g/mol. The monoisotopic (exact) mass is 220 g/mol. The minimum atomic E-state index is -0.833. The molecule has 0 bridgehead atoms. The van der Waals surface area contributed by atoms with E-state index in [1.165, 1.54) is 0 Å². The van der Waals surface area contributed by atoms with Crippen molar-refractivity contribution in [2.75, 3.05) is 0 Å². The maximum Gasteiger partial charge on any atom is 0.194 e. The first-order valence-corrected chi connectivity index (χ1v) is 3.70. The van der Waals surface area contributed by atoms with E-state index in [1.54, 1.807) is 6.92 Å². The Morgan fingerprint density at radius 2 is 1.91 bits per heavy atom. The van der Waals surface area contributed by atoms with Gasteiger partial charge in [-0.15, -0.1) is 0 Å². The summed E-state index contributed by atoms with van der Waals surface area (Å²) in [4.78, 5) is 0. The summed E-state index contributed by atoms with van der Waals surface area (Å²) in [6, 6.07) is 1.10. The van der Waals surface area contributed by atoms with Crippen molar-refractivity contribution in [1.29, 1.82) is 0 Å². The first-order chi connectivity index (χ1) is 5.04. The fourth-order valence-electron chi connectivity index (χ4n) is 0.692. The van der Waals surface area contributed by atoms with Crippen molar-refractivity contribution < 1.29 is 14.6 Å². The Morgan fingerprint density at radius 3 is 2.45 bits per heavy atom. The fourth-order valence-corrected chi connectivity index (χ4v) is 1.08. The van der Waals surface area contributed by atoms with Gasteiger partial charge in [0.25, 0.3) is 0 Å². The Kier molecular flexibility index (Phi) is 2.04. The molecule has 0 radical (unpaired) electrons. The predicted molar refractivity (Wildman–Crippen MR) is 42.2 cm³/mol. The smallest absolute Gasteiger partial charge is 0.194 e. The third-order valence-corrected chi connectivity index (χ3v) is 2.24. The summed E-state index contributed by atoms with van der Waals surface area (Å²) in [5, 5.41) is 17.9. The number of hydrogen-bond acceptors (Lipinski definition) is 2. The highest BCUT2D eigenvalue weighted by Gasteiger charge is 2.11. The first kappa shape index (κ1) is 8.33. The molecule has 11 heavy (non-hydrogen) atoms. The third kappa shape index (κ3) is 1.30. The minimum absolute atomic E-state index is 0.420. The molecule has 0 aromatic heterocycles. The van der Waals surface area contributed by atoms with Crippen LogP contribution in [0.3, 0.4) is 0 Å². The normalized spacial score (nSPS) is 10.1. The van der Waals surface area contributed by atoms with Crippen LogP contribution in [0, 0.1) is 12.7 Å². The average molecular weight is 221 g/mol. The van der Waals surface area contributed by atoms with Gasteiger partial charge >= 0.3 is 0 Å². The van der Waals surface area contributed by atoms with Crippen molar-refractivity contribution in [2.45, 2.75) is 6.92 Å². The van der Waals surface area contributed by atoms with E-state index < -0.39 is 17.3 Å². The third-order valence-electron chi connectivity index (χ3n) is 1.42. The molecule has 1 rings (SSSR count). The molecule has 0 heterocycles. The van der Waals surface area contributed by atoms with Gasteiger partial charge in [0.15, 0.2) is 17.3 Å². The number of phenolic OH excluding ortho intramolecular Hbond substituents is 2. The van der Waals surface area contributed by atoms with Crippen LogP contribution in [0.15, 0.2) is 10.5 Å². The molecule has 0 aliphatic heterocycles. The quantitative estimate of drug-likeness (QED) is 0.660. The first-order valence-electron chi connectivity index (χ1n) is 2.90. The lowest BCUT2D eigenvalue weighted by Crippen LogP contribution is -1.83. The number of hydrogen-bond donors (Lipinski definition) is 2. The van der Waals surface area contributed by atoms with Crippen molar-refractivity contribution in [3.63, 3.8) is 0 Å². The molecule has 2 nitrogen and oxygen atoms in total. The van der Waals surface area contributed by atoms with E-state index in [2.05, 4.69) is 15.9 Å². The number of rotatable bonds is 0. The molecule has 0 saturated carbocycles. The number of aromatic hydroxyl groups is 2. The van der Waals surface area contributed by atoms with Gasteiger partial charge < -0.3 is 10.2 Å². The van der Waals surface area contributed by atoms with E-state index in [0.29, 0.717) is 10.0 Å². The van der Waals surface area contributed by atoms with Gasteiger partial charge in [0, 0.05) is 10.0 Å². The Labute approximate surface area is 71.4 Å². The SMILES string of the molecule is Cc1c(Br)cc(F)c(O)c1O. The van der Waals surface area contributed by atoms with Crippen molar-refractivity contribution >= 4 is 15.9 Å². The second-order valence-electron chi connectivity index (χ2n) is 2.16. The summed E-state index contributed by atoms with van der Waals surface area (Å²) in [5.74, 6) is -1.96. The topological polar surface area (TPSA) is 40.5 Å². The van der Waals surface area contributed by atoms with Gasteiger partial charge in [0.1, 0.15) is 0 Å². The van der Waals surface area contributed by atoms with Gasteiger partial charge in [-0.05, 0) is 13.0 Å². The lowest BCUT2D eigenvalue weighted by Gasteiger charge is -2.04. The van der Waals surface area contributed by atoms with Gasteiger partial charge in [-0.1, -0.05) is 15.9 Å². The number of phenols is 2. The Bertz CT molecular complexity index is 273. The Hall–Kier alpha value is -0.770. The van der Waals surface area contributed by atoms with Crippen LogP contribution in [0.2, 0.25) is 0 Å². The summed E-state index contributed by atoms with van der Waals surface area (Å²) < 4.78 is 13.0. The second kappa shape index (κ2) is 2.70. The van der Waals surface area contributed by atoms with Gasteiger partial charge in [-0.2, -0.15) is 0 Å². The van der Waals surface area contributed by atoms with Gasteiger partial charge in [0.2, 0.25) is 0 Å². The zero-order chi connectivity index (χ0) is 8.59. The largest absolute Gasteiger partial charge is 0.504 e. The van der Waals surface area contributed by atoms with Gasteiger partial charge in [-0.3, -0.25) is 0 Å². The highest BCUT2D eigenvalue weighted by atomic mass is 79.9. The van der Waals surface area contributed by atoms with E-state index in [9.17, 15) is 4.39 Å². The van der Waals surface area contributed by atoms with E-state index in [-0.39, 0.29) is 0 Å². The molecule has 60 valence electrons. The van der Waals surface area contributed by atoms with Crippen molar-refractivity contribution in [2.24, 2.45) is 0 Å². The van der Waals surface area contributed by atoms with Crippen LogP contribution in [0.5, 0.6) is 11.5 Å². The molecule has 0 unspecified atom stereocenters. The average Bonchev–Trinajstić information content (AvgIpc) is 1.97. The molecule has 0 aliphatic rings. The van der Waals surface area contributed by atoms with Crippen LogP contribution in [0.4, 0.5) is 4.39 Å². The van der Waals surface area contributed by atoms with Crippen LogP contribution in [0.25, 0.3) is 0 Å². The lowest BCUT2D eigenvalue weighted by molar-refractivity contribution is 0.376. The summed E-state index contributed by atoms with van der Waals surface area (Å²) in [6.07, 6.45) is 0. The summed E-state index contributed by atoms with van der Waals surface area (Å²) >= 11 is 3.02. The molecule has 4 heteroatoms. The van der Waals surface area contributed by atoms with E-state index in [0.717, 1.165) is 6.07 Å². The van der Waals surface area contributed by atoms with Gasteiger partial charge in [0.05, 0.1) is 0 Å². The van der Waals surface area contributed by atoms with Crippen molar-refractivity contribution in [3.8, 4) is 11.5 Å². The standard InChI is InChI=1S/C7H6BrFO2/c1-3-4(8)2-5(9)7(11)6(3)10/h2,10-11H,1H3. The molecule has 0 fully saturated rings. The summed E-state index contributed by atoms with van der Waals surface area (Å²) in [5.41, 5.74) is 0.420. The molecular formula is C7H6BrFO2. The van der Waals surface area contributed by atoms with E-state index in [4.69, 9.17) is 10.2 Å². The summed E-state index contributed by atoms with van der Waals surface area (Å²) in [7, 11) is 0. The highest BCUT2D eigenvalue weighted by molar-refractivity contribution is 9.10. The van der Waals surface area contributed by atoms with Crippen molar-refractivity contribution in [3.05, 3.63) is 21.9 Å². The number of halogens is 2. The zero-order valence-electron chi connectivity index (χ0n) is 5.73. The van der Waals surface area contributed by atoms with Crippen LogP contribution in [-0.4, -0.2) is 10.2 Å². The molecule has 0 atom stereocenters. The zero-order valence-corrected chi connectivity index (χ0v) is 7.31. The molecule has 0 amide bonds. The Morgan fingerprint density at radius 1 is 1.36 bits per heavy atom. The maximum absolute atomic E-state index is 12.6. The highest BCUT2D eigenvalue weighted by Crippen LogP contribution is 2.35. The van der Waals surface area contributed by atoms with Crippen molar-refractivity contribution in [1.82, 2.24) is 0 Å². The van der Waals surface area contributed by atoms with Gasteiger partial charge in [-0.25, -0.2) is 4.39 Å². The molecule has 2 N–H and O–H groups in total. The second-order valence-corrected chi connectivity index (χ2v) is 3.02. The molecule has 1 aromatic rings. The van der Waals surface area contributed by atoms with E-state index >= 15 is 0 Å². The maximum atomic E-state index is 12.6. The fraction of sp³-hybridized carbons (Fsp3) is 0.143. The molecule has 1 aromatic carbocycles. The van der Waals surface area contributed by atoms with Crippen LogP contribution < -0.4 is 0 Å². The molecule has 0 saturated heterocycles. The summed E-state index contributed by atoms with van der Waals surface area (Å²) in [6.45, 7) is 1.57. The van der Waals surface area contributed by atoms with E-state index in [1.807, 2.05) is 0 Å². The number of benzene rings is 1.